The third-order valence-corrected chi connectivity index (χ3v) is 8.22. The molecule has 1 saturated carbocycles. The molecule has 1 aromatic rings. The third kappa shape index (κ3) is 2.97. The van der Waals surface area contributed by atoms with Crippen molar-refractivity contribution in [3.05, 3.63) is 18.0 Å². The second kappa shape index (κ2) is 6.65. The Balaban J connectivity index is 1.54. The molecule has 3 atom stereocenters. The Bertz CT molecular complexity index is 797. The summed E-state index contributed by atoms with van der Waals surface area (Å²) in [6.07, 6.45) is 6.56. The first-order valence-electron chi connectivity index (χ1n) is 9.59. The number of aryl methyl sites for hydroxylation is 1. The van der Waals surface area contributed by atoms with Gasteiger partial charge in [-0.15, -0.1) is 0 Å². The van der Waals surface area contributed by atoms with Crippen molar-refractivity contribution in [2.75, 3.05) is 26.2 Å². The third-order valence-electron chi connectivity index (χ3n) is 6.35. The molecule has 0 aromatic carbocycles. The van der Waals surface area contributed by atoms with Crippen molar-refractivity contribution < 1.29 is 13.2 Å². The van der Waals surface area contributed by atoms with Gasteiger partial charge in [0.2, 0.25) is 10.0 Å². The van der Waals surface area contributed by atoms with Crippen LogP contribution in [-0.4, -0.2) is 60.3 Å². The Morgan fingerprint density at radius 2 is 1.88 bits per heavy atom. The van der Waals surface area contributed by atoms with Crippen molar-refractivity contribution in [3.63, 3.8) is 0 Å². The van der Waals surface area contributed by atoms with Crippen molar-refractivity contribution in [2.45, 2.75) is 43.0 Å². The van der Waals surface area contributed by atoms with E-state index in [0.717, 1.165) is 38.6 Å². The lowest BCUT2D eigenvalue weighted by Crippen LogP contribution is -2.35. The Kier molecular flexibility index (Phi) is 4.61. The van der Waals surface area contributed by atoms with Gasteiger partial charge in [-0.1, -0.05) is 6.42 Å². The standard InChI is InChI=1S/C18H28N4O3S/c1-20-11-14(26(24,25)22-7-3-2-4-8-22)9-17(20)18(23)21-10-13-5-6-16(19)15(13)12-21/h9,11,13,15-16H,2-8,10,12,19H2,1H3. The molecule has 3 aliphatic rings. The van der Waals surface area contributed by atoms with E-state index in [4.69, 9.17) is 5.73 Å². The van der Waals surface area contributed by atoms with Crippen LogP contribution < -0.4 is 5.73 Å². The fourth-order valence-corrected chi connectivity index (χ4v) is 6.37. The quantitative estimate of drug-likeness (QED) is 0.848. The van der Waals surface area contributed by atoms with E-state index in [9.17, 15) is 13.2 Å². The van der Waals surface area contributed by atoms with Gasteiger partial charge in [-0.25, -0.2) is 8.42 Å². The van der Waals surface area contributed by atoms with Crippen LogP contribution in [0.25, 0.3) is 0 Å². The summed E-state index contributed by atoms with van der Waals surface area (Å²) in [4.78, 5) is 15.0. The number of aromatic nitrogens is 1. The number of carbonyl (C=O) groups is 1. The van der Waals surface area contributed by atoms with Crippen LogP contribution in [0.3, 0.4) is 0 Å². The van der Waals surface area contributed by atoms with Gasteiger partial charge in [0.1, 0.15) is 10.6 Å². The number of fused-ring (bicyclic) bond motifs is 1. The molecule has 3 fully saturated rings. The Hall–Kier alpha value is -1.38. The van der Waals surface area contributed by atoms with Crippen LogP contribution in [0.5, 0.6) is 0 Å². The lowest BCUT2D eigenvalue weighted by Gasteiger charge is -2.25. The van der Waals surface area contributed by atoms with Crippen LogP contribution in [0.2, 0.25) is 0 Å². The van der Waals surface area contributed by atoms with Gasteiger partial charge in [-0.3, -0.25) is 4.79 Å². The van der Waals surface area contributed by atoms with Crippen molar-refractivity contribution in [2.24, 2.45) is 24.6 Å². The van der Waals surface area contributed by atoms with E-state index in [0.29, 0.717) is 37.2 Å². The van der Waals surface area contributed by atoms with Crippen LogP contribution in [0.1, 0.15) is 42.6 Å². The molecule has 1 aliphatic carbocycles. The maximum atomic E-state index is 13.0. The molecule has 2 aliphatic heterocycles. The van der Waals surface area contributed by atoms with Crippen LogP contribution in [0.4, 0.5) is 0 Å². The highest BCUT2D eigenvalue weighted by Gasteiger charge is 2.43. The molecule has 8 heteroatoms. The highest BCUT2D eigenvalue weighted by molar-refractivity contribution is 7.89. The van der Waals surface area contributed by atoms with Gasteiger partial charge in [-0.2, -0.15) is 4.31 Å². The van der Waals surface area contributed by atoms with Crippen molar-refractivity contribution >= 4 is 15.9 Å². The molecule has 3 unspecified atom stereocenters. The van der Waals surface area contributed by atoms with Gasteiger partial charge < -0.3 is 15.2 Å². The SMILES string of the molecule is Cn1cc(S(=O)(=O)N2CCCCC2)cc1C(=O)N1CC2CCC(N)C2C1. The maximum absolute atomic E-state index is 13.0. The molecule has 0 bridgehead atoms. The van der Waals surface area contributed by atoms with E-state index in [-0.39, 0.29) is 16.8 Å². The minimum atomic E-state index is -3.52. The summed E-state index contributed by atoms with van der Waals surface area (Å²) < 4.78 is 28.9. The maximum Gasteiger partial charge on any atom is 0.270 e. The molecular formula is C18H28N4O3S. The minimum Gasteiger partial charge on any atom is -0.345 e. The van der Waals surface area contributed by atoms with Crippen LogP contribution in [0.15, 0.2) is 17.2 Å². The molecule has 1 aromatic heterocycles. The molecule has 26 heavy (non-hydrogen) atoms. The summed E-state index contributed by atoms with van der Waals surface area (Å²) in [5.41, 5.74) is 6.61. The normalized spacial score (nSPS) is 29.9. The predicted molar refractivity (Wildman–Crippen MR) is 98.1 cm³/mol. The van der Waals surface area contributed by atoms with E-state index in [1.807, 2.05) is 4.90 Å². The molecule has 4 rings (SSSR count). The molecule has 2 N–H and O–H groups in total. The number of amides is 1. The first-order valence-corrected chi connectivity index (χ1v) is 11.0. The zero-order valence-corrected chi connectivity index (χ0v) is 16.1. The first kappa shape index (κ1) is 18.0. The van der Waals surface area contributed by atoms with Gasteiger partial charge in [-0.05, 0) is 43.6 Å². The summed E-state index contributed by atoms with van der Waals surface area (Å²) in [5, 5.41) is 0. The number of carbonyl (C=O) groups excluding carboxylic acids is 1. The summed E-state index contributed by atoms with van der Waals surface area (Å²) in [6.45, 7) is 2.54. The number of likely N-dealkylation sites (tertiary alicyclic amines) is 1. The van der Waals surface area contributed by atoms with E-state index >= 15 is 0 Å². The average molecular weight is 381 g/mol. The zero-order chi connectivity index (χ0) is 18.5. The van der Waals surface area contributed by atoms with Crippen molar-refractivity contribution in [1.82, 2.24) is 13.8 Å². The number of hydrogen-bond donors (Lipinski definition) is 1. The van der Waals surface area contributed by atoms with Crippen LogP contribution >= 0.6 is 0 Å². The number of rotatable bonds is 3. The number of nitrogens with two attached hydrogens (primary N) is 1. The number of sulfonamides is 1. The molecule has 1 amide bonds. The first-order chi connectivity index (χ1) is 12.4. The monoisotopic (exact) mass is 380 g/mol. The van der Waals surface area contributed by atoms with Gasteiger partial charge in [0, 0.05) is 45.5 Å². The summed E-state index contributed by atoms with van der Waals surface area (Å²) in [6, 6.07) is 1.72. The van der Waals surface area contributed by atoms with E-state index < -0.39 is 10.0 Å². The van der Waals surface area contributed by atoms with Gasteiger partial charge >= 0.3 is 0 Å². The van der Waals surface area contributed by atoms with Gasteiger partial charge in [0.05, 0.1) is 0 Å². The second-order valence-corrected chi connectivity index (χ2v) is 9.95. The van der Waals surface area contributed by atoms with E-state index in [1.165, 1.54) is 0 Å². The molecule has 0 radical (unpaired) electrons. The second-order valence-electron chi connectivity index (χ2n) is 8.01. The van der Waals surface area contributed by atoms with Crippen molar-refractivity contribution in [3.8, 4) is 0 Å². The Morgan fingerprint density at radius 3 is 2.58 bits per heavy atom. The highest BCUT2D eigenvalue weighted by atomic mass is 32.2. The molecule has 2 saturated heterocycles. The topological polar surface area (TPSA) is 88.6 Å². The summed E-state index contributed by atoms with van der Waals surface area (Å²) >= 11 is 0. The molecular weight excluding hydrogens is 352 g/mol. The smallest absolute Gasteiger partial charge is 0.270 e. The molecule has 144 valence electrons. The number of hydrogen-bond acceptors (Lipinski definition) is 4. The fraction of sp³-hybridized carbons (Fsp3) is 0.722. The largest absolute Gasteiger partial charge is 0.345 e. The highest BCUT2D eigenvalue weighted by Crippen LogP contribution is 2.37. The summed E-state index contributed by atoms with van der Waals surface area (Å²) in [5.74, 6) is 0.788. The van der Waals surface area contributed by atoms with Crippen LogP contribution in [0, 0.1) is 11.8 Å². The van der Waals surface area contributed by atoms with Crippen molar-refractivity contribution in [1.29, 1.82) is 0 Å². The minimum absolute atomic E-state index is 0.0887. The summed E-state index contributed by atoms with van der Waals surface area (Å²) in [7, 11) is -1.78. The van der Waals surface area contributed by atoms with Crippen LogP contribution in [-0.2, 0) is 17.1 Å². The zero-order valence-electron chi connectivity index (χ0n) is 15.3. The molecule has 0 spiro atoms. The van der Waals surface area contributed by atoms with E-state index in [1.54, 1.807) is 28.2 Å². The van der Waals surface area contributed by atoms with Gasteiger partial charge in [0.25, 0.3) is 5.91 Å². The fourth-order valence-electron chi connectivity index (χ4n) is 4.78. The average Bonchev–Trinajstić information content (AvgIpc) is 3.31. The lowest BCUT2D eigenvalue weighted by molar-refractivity contribution is 0.0770. The Morgan fingerprint density at radius 1 is 1.15 bits per heavy atom. The number of piperidine rings is 1. The predicted octanol–water partition coefficient (Wildman–Crippen LogP) is 1.01. The molecule has 3 heterocycles. The van der Waals surface area contributed by atoms with E-state index in [2.05, 4.69) is 0 Å². The molecule has 7 nitrogen and oxygen atoms in total. The number of nitrogens with zero attached hydrogens (tertiary/aromatic N) is 3. The lowest BCUT2D eigenvalue weighted by atomic mass is 9.98. The Labute approximate surface area is 155 Å². The van der Waals surface area contributed by atoms with Gasteiger partial charge in [0.15, 0.2) is 0 Å².